The Bertz CT molecular complexity index is 1430. The molecular formula is C36H44N2O3S. The molecule has 5 nitrogen and oxygen atoms in total. The lowest BCUT2D eigenvalue weighted by Gasteiger charge is -2.55. The number of aliphatic hydroxyl groups excluding tert-OH is 1. The summed E-state index contributed by atoms with van der Waals surface area (Å²) in [5.41, 5.74) is 5.27. The predicted octanol–water partition coefficient (Wildman–Crippen LogP) is 8.18. The van der Waals surface area contributed by atoms with E-state index >= 15 is 0 Å². The van der Waals surface area contributed by atoms with Crippen molar-refractivity contribution in [1.29, 1.82) is 0 Å². The maximum absolute atomic E-state index is 14.3. The molecule has 3 aromatic rings. The van der Waals surface area contributed by atoms with Gasteiger partial charge in [0, 0.05) is 30.3 Å². The molecule has 2 bridgehead atoms. The maximum Gasteiger partial charge on any atom is 0.230 e. The molecule has 5 fully saturated rings. The van der Waals surface area contributed by atoms with Gasteiger partial charge >= 0.3 is 0 Å². The molecule has 1 heterocycles. The number of anilines is 1. The molecule has 0 atom stereocenters. The highest BCUT2D eigenvalue weighted by Gasteiger charge is 2.50. The van der Waals surface area contributed by atoms with Crippen LogP contribution in [0.2, 0.25) is 0 Å². The van der Waals surface area contributed by atoms with E-state index in [0.717, 1.165) is 68.5 Å². The number of thiazole rings is 1. The summed E-state index contributed by atoms with van der Waals surface area (Å²) in [7, 11) is 1.75. The normalized spacial score (nSPS) is 28.9. The number of amides is 1. The largest absolute Gasteiger partial charge is 0.496 e. The molecule has 1 N–H and O–H groups in total. The van der Waals surface area contributed by atoms with Crippen molar-refractivity contribution in [2.45, 2.75) is 101 Å². The van der Waals surface area contributed by atoms with E-state index in [2.05, 4.69) is 54.3 Å². The van der Waals surface area contributed by atoms with Crippen molar-refractivity contribution in [2.24, 2.45) is 11.3 Å². The van der Waals surface area contributed by atoms with Gasteiger partial charge in [-0.25, -0.2) is 4.98 Å². The Morgan fingerprint density at radius 2 is 1.74 bits per heavy atom. The third kappa shape index (κ3) is 5.30. The summed E-state index contributed by atoms with van der Waals surface area (Å²) < 4.78 is 5.54. The SMILES string of the molecule is COc1ccc(C23CCC(CN(c4cccc(-c5cnc(C6CC6)s5)c4)C(=O)[C@H]4CC[C@H](O)CC4)(CC2)CC3)cc1C. The van der Waals surface area contributed by atoms with E-state index in [0.29, 0.717) is 5.92 Å². The molecule has 2 aromatic carbocycles. The van der Waals surface area contributed by atoms with E-state index in [1.807, 2.05) is 17.5 Å². The van der Waals surface area contributed by atoms with Crippen LogP contribution in [0.25, 0.3) is 10.4 Å². The first-order valence-corrected chi connectivity index (χ1v) is 16.9. The highest BCUT2D eigenvalue weighted by Crippen LogP contribution is 2.58. The molecule has 0 spiro atoms. The number of hydrogen-bond donors (Lipinski definition) is 1. The first-order chi connectivity index (χ1) is 20.4. The predicted molar refractivity (Wildman–Crippen MR) is 169 cm³/mol. The maximum atomic E-state index is 14.3. The lowest BCUT2D eigenvalue weighted by atomic mass is 9.51. The van der Waals surface area contributed by atoms with E-state index in [1.54, 1.807) is 7.11 Å². The molecule has 1 amide bonds. The Morgan fingerprint density at radius 3 is 2.40 bits per heavy atom. The minimum atomic E-state index is -0.261. The Labute approximate surface area is 254 Å². The highest BCUT2D eigenvalue weighted by molar-refractivity contribution is 7.15. The summed E-state index contributed by atoms with van der Waals surface area (Å²) in [5, 5.41) is 11.4. The smallest absolute Gasteiger partial charge is 0.230 e. The van der Waals surface area contributed by atoms with Gasteiger partial charge in [0.05, 0.1) is 23.1 Å². The summed E-state index contributed by atoms with van der Waals surface area (Å²) in [6.07, 6.45) is 14.3. The van der Waals surface area contributed by atoms with Crippen LogP contribution >= 0.6 is 11.3 Å². The lowest BCUT2D eigenvalue weighted by Crippen LogP contribution is -2.51. The molecule has 5 aliphatic carbocycles. The molecule has 5 aliphatic rings. The summed E-state index contributed by atoms with van der Waals surface area (Å²) in [6.45, 7) is 2.94. The van der Waals surface area contributed by atoms with E-state index in [1.165, 1.54) is 53.1 Å². The zero-order valence-electron chi connectivity index (χ0n) is 25.1. The third-order valence-corrected chi connectivity index (χ3v) is 12.3. The van der Waals surface area contributed by atoms with Crippen molar-refractivity contribution in [2.75, 3.05) is 18.6 Å². The summed E-state index contributed by atoms with van der Waals surface area (Å²) in [5.74, 6) is 1.86. The zero-order valence-corrected chi connectivity index (χ0v) is 25.9. The van der Waals surface area contributed by atoms with Crippen molar-refractivity contribution in [3.05, 3.63) is 64.8 Å². The number of carbonyl (C=O) groups excluding carboxylic acids is 1. The lowest BCUT2D eigenvalue weighted by molar-refractivity contribution is -0.124. The number of benzene rings is 2. The molecule has 0 aliphatic heterocycles. The number of aromatic nitrogens is 1. The van der Waals surface area contributed by atoms with Gasteiger partial charge in [-0.1, -0.05) is 24.3 Å². The van der Waals surface area contributed by atoms with Gasteiger partial charge in [-0.15, -0.1) is 11.3 Å². The van der Waals surface area contributed by atoms with Crippen molar-refractivity contribution in [3.63, 3.8) is 0 Å². The van der Waals surface area contributed by atoms with E-state index < -0.39 is 0 Å². The molecule has 42 heavy (non-hydrogen) atoms. The molecular weight excluding hydrogens is 540 g/mol. The average Bonchev–Trinajstić information content (AvgIpc) is 3.76. The molecule has 222 valence electrons. The Balaban J connectivity index is 1.15. The van der Waals surface area contributed by atoms with Gasteiger partial charge in [0.1, 0.15) is 5.75 Å². The van der Waals surface area contributed by atoms with Gasteiger partial charge in [0.2, 0.25) is 5.91 Å². The van der Waals surface area contributed by atoms with Gasteiger partial charge in [0.25, 0.3) is 0 Å². The fourth-order valence-electron chi connectivity index (χ4n) is 8.08. The highest BCUT2D eigenvalue weighted by atomic mass is 32.1. The Kier molecular flexibility index (Phi) is 7.42. The van der Waals surface area contributed by atoms with Crippen LogP contribution in [-0.2, 0) is 10.2 Å². The number of ether oxygens (including phenoxy) is 1. The second kappa shape index (κ2) is 11.1. The molecule has 5 saturated carbocycles. The van der Waals surface area contributed by atoms with Crippen LogP contribution in [0.5, 0.6) is 5.75 Å². The molecule has 0 radical (unpaired) electrons. The Morgan fingerprint density at radius 1 is 1.00 bits per heavy atom. The number of hydrogen-bond acceptors (Lipinski definition) is 5. The molecule has 1 aromatic heterocycles. The standard InChI is InChI=1S/C36H44N2O3S/c1-24-20-28(10-13-31(24)41-2)36-17-14-35(15-18-36,16-19-36)23-38(34(40)26-8-11-30(39)12-9-26)29-5-3-4-27(21-29)32-22-37-33(42-32)25-6-7-25/h3-5,10,13,20-22,25-26,30,39H,6-9,11-12,14-19,23H2,1-2H3/t26-,30-,35?,36?. The van der Waals surface area contributed by atoms with Gasteiger partial charge in [0.15, 0.2) is 0 Å². The first kappa shape index (κ1) is 28.1. The van der Waals surface area contributed by atoms with Gasteiger partial charge in [-0.3, -0.25) is 4.79 Å². The van der Waals surface area contributed by atoms with Crippen LogP contribution in [-0.4, -0.2) is 35.8 Å². The zero-order chi connectivity index (χ0) is 28.9. The number of aliphatic hydroxyl groups is 1. The second-order valence-corrected chi connectivity index (χ2v) is 14.8. The number of nitrogens with zero attached hydrogens (tertiary/aromatic N) is 2. The average molecular weight is 585 g/mol. The minimum absolute atomic E-state index is 0.00752. The molecule has 0 unspecified atom stereocenters. The van der Waals surface area contributed by atoms with E-state index in [-0.39, 0.29) is 28.8 Å². The molecule has 0 saturated heterocycles. The molecule has 6 heteroatoms. The minimum Gasteiger partial charge on any atom is -0.496 e. The Hall–Kier alpha value is -2.70. The van der Waals surface area contributed by atoms with Gasteiger partial charge in [-0.05, 0) is 130 Å². The fraction of sp³-hybridized carbons (Fsp3) is 0.556. The van der Waals surface area contributed by atoms with Crippen LogP contribution < -0.4 is 9.64 Å². The van der Waals surface area contributed by atoms with Gasteiger partial charge in [-0.2, -0.15) is 0 Å². The summed E-state index contributed by atoms with van der Waals surface area (Å²) in [4.78, 5) is 22.4. The van der Waals surface area contributed by atoms with E-state index in [9.17, 15) is 9.90 Å². The number of rotatable bonds is 8. The second-order valence-electron chi connectivity index (χ2n) is 13.8. The fourth-order valence-corrected chi connectivity index (χ4v) is 9.17. The van der Waals surface area contributed by atoms with Crippen LogP contribution in [0.15, 0.2) is 48.7 Å². The number of methoxy groups -OCH3 is 1. The topological polar surface area (TPSA) is 62.7 Å². The molecule has 8 rings (SSSR count). The number of fused-ring (bicyclic) bond motifs is 3. The third-order valence-electron chi connectivity index (χ3n) is 11.1. The number of aryl methyl sites for hydroxylation is 1. The summed E-state index contributed by atoms with van der Waals surface area (Å²) >= 11 is 1.81. The number of carbonyl (C=O) groups is 1. The monoisotopic (exact) mass is 584 g/mol. The van der Waals surface area contributed by atoms with Gasteiger partial charge < -0.3 is 14.7 Å². The van der Waals surface area contributed by atoms with Crippen LogP contribution in [0.1, 0.15) is 99.1 Å². The quantitative estimate of drug-likeness (QED) is 0.290. The van der Waals surface area contributed by atoms with Crippen LogP contribution in [0.3, 0.4) is 0 Å². The van der Waals surface area contributed by atoms with Crippen molar-refractivity contribution < 1.29 is 14.6 Å². The van der Waals surface area contributed by atoms with E-state index in [4.69, 9.17) is 9.72 Å². The van der Waals surface area contributed by atoms with Crippen LogP contribution in [0, 0.1) is 18.3 Å². The van der Waals surface area contributed by atoms with Crippen LogP contribution in [0.4, 0.5) is 5.69 Å². The van der Waals surface area contributed by atoms with Crippen molar-refractivity contribution in [1.82, 2.24) is 4.98 Å². The van der Waals surface area contributed by atoms with Crippen molar-refractivity contribution >= 4 is 22.9 Å². The van der Waals surface area contributed by atoms with Crippen molar-refractivity contribution in [3.8, 4) is 16.2 Å². The first-order valence-electron chi connectivity index (χ1n) is 16.1. The summed E-state index contributed by atoms with van der Waals surface area (Å²) in [6, 6.07) is 15.4.